The summed E-state index contributed by atoms with van der Waals surface area (Å²) in [7, 11) is -7.64. The lowest BCUT2D eigenvalue weighted by atomic mass is 10.4. The van der Waals surface area contributed by atoms with E-state index in [1.165, 1.54) is 0 Å². The maximum absolute atomic E-state index is 12.7. The summed E-state index contributed by atoms with van der Waals surface area (Å²) < 4.78 is 88.1. The standard InChI is InChI=1S/2C10H8BrFN2O3S/c2*1-6-9(11)10(17-13-6)14-18(15,16)8-4-2-7(12)3-5-8/h2*2-5,14H,1H3. The first-order valence-electron chi connectivity index (χ1n) is 9.60. The van der Waals surface area contributed by atoms with Gasteiger partial charge in [0, 0.05) is 0 Å². The number of benzene rings is 2. The third-order valence-electron chi connectivity index (χ3n) is 4.28. The van der Waals surface area contributed by atoms with Crippen LogP contribution in [0.25, 0.3) is 0 Å². The predicted molar refractivity (Wildman–Crippen MR) is 132 cm³/mol. The van der Waals surface area contributed by atoms with E-state index >= 15 is 0 Å². The Bertz CT molecular complexity index is 1450. The van der Waals surface area contributed by atoms with E-state index in [0.717, 1.165) is 48.5 Å². The van der Waals surface area contributed by atoms with E-state index in [2.05, 4.69) is 51.6 Å². The minimum atomic E-state index is -3.82. The Morgan fingerprint density at radius 1 is 0.667 bits per heavy atom. The van der Waals surface area contributed by atoms with E-state index in [1.54, 1.807) is 13.8 Å². The molecule has 0 aliphatic rings. The molecule has 2 N–H and O–H groups in total. The summed E-state index contributed by atoms with van der Waals surface area (Å²) in [6.07, 6.45) is 0. The number of sulfonamides is 2. The third kappa shape index (κ3) is 6.68. The average Bonchev–Trinajstić information content (AvgIpc) is 3.30. The summed E-state index contributed by atoms with van der Waals surface area (Å²) in [5.74, 6) is -1.05. The Morgan fingerprint density at radius 2 is 0.972 bits per heavy atom. The normalized spacial score (nSPS) is 11.5. The van der Waals surface area contributed by atoms with Gasteiger partial charge in [0.05, 0.1) is 21.2 Å². The van der Waals surface area contributed by atoms with Crippen molar-refractivity contribution in [2.45, 2.75) is 23.6 Å². The number of halogens is 4. The fourth-order valence-corrected chi connectivity index (χ4v) is 5.17. The number of anilines is 2. The van der Waals surface area contributed by atoms with Gasteiger partial charge in [-0.25, -0.2) is 35.1 Å². The van der Waals surface area contributed by atoms with Crippen LogP contribution in [0.4, 0.5) is 20.5 Å². The molecule has 0 saturated heterocycles. The van der Waals surface area contributed by atoms with Gasteiger partial charge in [-0.15, -0.1) is 0 Å². The van der Waals surface area contributed by atoms with Crippen molar-refractivity contribution in [3.8, 4) is 0 Å². The smallest absolute Gasteiger partial charge is 0.264 e. The molecule has 2 heterocycles. The van der Waals surface area contributed by atoms with Gasteiger partial charge in [0.2, 0.25) is 0 Å². The van der Waals surface area contributed by atoms with Crippen molar-refractivity contribution < 1.29 is 34.7 Å². The average molecular weight is 670 g/mol. The molecule has 2 aromatic carbocycles. The summed E-state index contributed by atoms with van der Waals surface area (Å²) in [6.45, 7) is 3.31. The van der Waals surface area contributed by atoms with Gasteiger partial charge in [-0.1, -0.05) is 10.3 Å². The van der Waals surface area contributed by atoms with Crippen LogP contribution < -0.4 is 9.44 Å². The van der Waals surface area contributed by atoms with Crippen LogP contribution in [-0.2, 0) is 20.0 Å². The van der Waals surface area contributed by atoms with Gasteiger partial charge in [-0.2, -0.15) is 0 Å². The molecule has 2 aromatic heterocycles. The van der Waals surface area contributed by atoms with Crippen LogP contribution in [0, 0.1) is 25.5 Å². The largest absolute Gasteiger partial charge is 0.336 e. The molecule has 0 aliphatic heterocycles. The minimum Gasteiger partial charge on any atom is -0.336 e. The second-order valence-electron chi connectivity index (χ2n) is 6.94. The Balaban J connectivity index is 0.000000201. The third-order valence-corrected chi connectivity index (χ3v) is 8.85. The molecule has 36 heavy (non-hydrogen) atoms. The fourth-order valence-electron chi connectivity index (χ4n) is 2.43. The number of hydrogen-bond donors (Lipinski definition) is 2. The molecule has 16 heteroatoms. The predicted octanol–water partition coefficient (Wildman–Crippen LogP) is 5.37. The van der Waals surface area contributed by atoms with Crippen LogP contribution in [0.3, 0.4) is 0 Å². The molecule has 0 bridgehead atoms. The van der Waals surface area contributed by atoms with Crippen molar-refractivity contribution >= 4 is 63.7 Å². The van der Waals surface area contributed by atoms with Crippen molar-refractivity contribution in [2.75, 3.05) is 9.44 Å². The lowest BCUT2D eigenvalue weighted by molar-refractivity contribution is 0.430. The van der Waals surface area contributed by atoms with Crippen LogP contribution in [-0.4, -0.2) is 27.1 Å². The molecule has 0 saturated carbocycles. The lowest BCUT2D eigenvalue weighted by Gasteiger charge is -2.04. The van der Waals surface area contributed by atoms with E-state index in [-0.39, 0.29) is 21.6 Å². The van der Waals surface area contributed by atoms with Crippen LogP contribution in [0.5, 0.6) is 0 Å². The van der Waals surface area contributed by atoms with E-state index in [0.29, 0.717) is 20.3 Å². The van der Waals surface area contributed by atoms with Gasteiger partial charge in [0.1, 0.15) is 20.6 Å². The van der Waals surface area contributed by atoms with Gasteiger partial charge >= 0.3 is 0 Å². The van der Waals surface area contributed by atoms with Crippen LogP contribution >= 0.6 is 31.9 Å². The van der Waals surface area contributed by atoms with Gasteiger partial charge in [-0.3, -0.25) is 0 Å². The second-order valence-corrected chi connectivity index (χ2v) is 11.9. The van der Waals surface area contributed by atoms with Gasteiger partial charge in [0.25, 0.3) is 31.8 Å². The Hall–Kier alpha value is -2.82. The molecular formula is C20H16Br2F2N4O6S2. The molecular weight excluding hydrogens is 654 g/mol. The van der Waals surface area contributed by atoms with E-state index in [4.69, 9.17) is 9.05 Å². The second kappa shape index (κ2) is 11.1. The van der Waals surface area contributed by atoms with Gasteiger partial charge in [0.15, 0.2) is 0 Å². The number of aromatic nitrogens is 2. The number of nitrogens with zero attached hydrogens (tertiary/aromatic N) is 2. The highest BCUT2D eigenvalue weighted by atomic mass is 79.9. The quantitative estimate of drug-likeness (QED) is 0.279. The highest BCUT2D eigenvalue weighted by Gasteiger charge is 2.21. The highest BCUT2D eigenvalue weighted by Crippen LogP contribution is 2.28. The molecule has 0 amide bonds. The summed E-state index contributed by atoms with van der Waals surface area (Å²) in [6, 6.07) is 8.90. The molecule has 192 valence electrons. The van der Waals surface area contributed by atoms with E-state index < -0.39 is 31.7 Å². The zero-order valence-corrected chi connectivity index (χ0v) is 23.1. The first-order valence-corrected chi connectivity index (χ1v) is 14.2. The van der Waals surface area contributed by atoms with Crippen molar-refractivity contribution in [1.82, 2.24) is 10.3 Å². The van der Waals surface area contributed by atoms with Crippen molar-refractivity contribution in [3.05, 3.63) is 80.5 Å². The molecule has 0 atom stereocenters. The zero-order chi connectivity index (χ0) is 26.7. The summed E-state index contributed by atoms with van der Waals surface area (Å²) in [5.41, 5.74) is 1.04. The van der Waals surface area contributed by atoms with Crippen molar-refractivity contribution in [3.63, 3.8) is 0 Å². The first kappa shape index (κ1) is 27.8. The SMILES string of the molecule is Cc1noc(NS(=O)(=O)c2ccc(F)cc2)c1Br.Cc1noc(NS(=O)(=O)c2ccc(F)cc2)c1Br. The van der Waals surface area contributed by atoms with E-state index in [9.17, 15) is 25.6 Å². The molecule has 0 radical (unpaired) electrons. The van der Waals surface area contributed by atoms with Crippen LogP contribution in [0.2, 0.25) is 0 Å². The minimum absolute atomic E-state index is 0.0168. The van der Waals surface area contributed by atoms with Crippen molar-refractivity contribution in [1.29, 1.82) is 0 Å². The Kier molecular flexibility index (Phi) is 8.53. The lowest BCUT2D eigenvalue weighted by Crippen LogP contribution is -2.12. The molecule has 0 spiro atoms. The molecule has 0 unspecified atom stereocenters. The van der Waals surface area contributed by atoms with Gasteiger partial charge in [-0.05, 0) is 94.2 Å². The van der Waals surface area contributed by atoms with E-state index in [1.807, 2.05) is 0 Å². The number of rotatable bonds is 6. The highest BCUT2D eigenvalue weighted by molar-refractivity contribution is 9.11. The summed E-state index contributed by atoms with van der Waals surface area (Å²) in [4.78, 5) is -0.130. The number of nitrogens with one attached hydrogen (secondary N) is 2. The Labute approximate surface area is 221 Å². The van der Waals surface area contributed by atoms with Crippen LogP contribution in [0.1, 0.15) is 11.4 Å². The molecule has 4 rings (SSSR count). The Morgan fingerprint density at radius 3 is 1.22 bits per heavy atom. The topological polar surface area (TPSA) is 144 Å². The monoisotopic (exact) mass is 668 g/mol. The summed E-state index contributed by atoms with van der Waals surface area (Å²) in [5, 5.41) is 7.20. The first-order chi connectivity index (χ1) is 16.8. The maximum atomic E-state index is 12.7. The fraction of sp³-hybridized carbons (Fsp3) is 0.100. The van der Waals surface area contributed by atoms with Gasteiger partial charge < -0.3 is 9.05 Å². The maximum Gasteiger partial charge on any atom is 0.264 e. The summed E-state index contributed by atoms with van der Waals surface area (Å²) >= 11 is 6.29. The number of hydrogen-bond acceptors (Lipinski definition) is 8. The van der Waals surface area contributed by atoms with Crippen molar-refractivity contribution in [2.24, 2.45) is 0 Å². The molecule has 0 fully saturated rings. The number of aryl methyl sites for hydroxylation is 2. The zero-order valence-electron chi connectivity index (χ0n) is 18.3. The molecule has 4 aromatic rings. The van der Waals surface area contributed by atoms with Crippen LogP contribution in [0.15, 0.2) is 76.3 Å². The molecule has 0 aliphatic carbocycles. The molecule has 10 nitrogen and oxygen atoms in total.